The second kappa shape index (κ2) is 10.9. The smallest absolute Gasteiger partial charge is 0.119 e. The third-order valence-corrected chi connectivity index (χ3v) is 5.38. The van der Waals surface area contributed by atoms with Crippen molar-refractivity contribution in [1.29, 1.82) is 0 Å². The quantitative estimate of drug-likeness (QED) is 0.588. The van der Waals surface area contributed by atoms with Crippen LogP contribution >= 0.6 is 0 Å². The average molecular weight is 404 g/mol. The van der Waals surface area contributed by atoms with E-state index in [-0.39, 0.29) is 6.04 Å². The van der Waals surface area contributed by atoms with Crippen LogP contribution in [0, 0.1) is 0 Å². The lowest BCUT2D eigenvalue weighted by Gasteiger charge is -2.31. The largest absolute Gasteiger partial charge is 0.489 e. The fourth-order valence-corrected chi connectivity index (χ4v) is 3.61. The Labute approximate surface area is 178 Å². The van der Waals surface area contributed by atoms with Crippen molar-refractivity contribution >= 4 is 0 Å². The lowest BCUT2D eigenvalue weighted by molar-refractivity contribution is 0.0333. The summed E-state index contributed by atoms with van der Waals surface area (Å²) in [5.41, 5.74) is 3.68. The van der Waals surface area contributed by atoms with Crippen LogP contribution in [0.1, 0.15) is 22.7 Å². The van der Waals surface area contributed by atoms with Gasteiger partial charge in [0, 0.05) is 44.6 Å². The zero-order valence-electron chi connectivity index (χ0n) is 17.2. The number of ether oxygens (including phenoxy) is 2. The molecule has 1 N–H and O–H groups in total. The summed E-state index contributed by atoms with van der Waals surface area (Å²) in [6.45, 7) is 5.98. The molecule has 1 aromatic heterocycles. The molecule has 156 valence electrons. The molecule has 0 spiro atoms. The van der Waals surface area contributed by atoms with Gasteiger partial charge in [0.2, 0.25) is 0 Å². The molecule has 2 aromatic carbocycles. The van der Waals surface area contributed by atoms with E-state index in [1.165, 1.54) is 11.1 Å². The third kappa shape index (κ3) is 6.13. The SMILES string of the molecule is c1ccc(C(CN2CCOCC2)NCc2ccc(OCc3ccncc3)cc2)cc1. The summed E-state index contributed by atoms with van der Waals surface area (Å²) in [5.74, 6) is 0.878. The normalized spacial score (nSPS) is 15.6. The number of hydrogen-bond acceptors (Lipinski definition) is 5. The molecule has 0 bridgehead atoms. The van der Waals surface area contributed by atoms with Gasteiger partial charge in [0.1, 0.15) is 12.4 Å². The van der Waals surface area contributed by atoms with Gasteiger partial charge >= 0.3 is 0 Å². The molecular weight excluding hydrogens is 374 g/mol. The van der Waals surface area contributed by atoms with Crippen LogP contribution in [0.4, 0.5) is 0 Å². The van der Waals surface area contributed by atoms with Gasteiger partial charge in [-0.2, -0.15) is 0 Å². The van der Waals surface area contributed by atoms with E-state index in [0.29, 0.717) is 6.61 Å². The topological polar surface area (TPSA) is 46.6 Å². The van der Waals surface area contributed by atoms with Crippen molar-refractivity contribution < 1.29 is 9.47 Å². The molecule has 4 rings (SSSR count). The van der Waals surface area contributed by atoms with Crippen molar-refractivity contribution in [2.45, 2.75) is 19.2 Å². The highest BCUT2D eigenvalue weighted by atomic mass is 16.5. The molecule has 1 atom stereocenters. The van der Waals surface area contributed by atoms with Gasteiger partial charge in [-0.1, -0.05) is 42.5 Å². The van der Waals surface area contributed by atoms with Crippen LogP contribution < -0.4 is 10.1 Å². The Morgan fingerprint density at radius 3 is 2.37 bits per heavy atom. The van der Waals surface area contributed by atoms with Crippen LogP contribution in [-0.4, -0.2) is 42.7 Å². The minimum Gasteiger partial charge on any atom is -0.489 e. The zero-order valence-corrected chi connectivity index (χ0v) is 17.2. The van der Waals surface area contributed by atoms with Crippen molar-refractivity contribution in [2.75, 3.05) is 32.8 Å². The van der Waals surface area contributed by atoms with E-state index in [1.807, 2.05) is 24.3 Å². The lowest BCUT2D eigenvalue weighted by Crippen LogP contribution is -2.41. The maximum atomic E-state index is 5.88. The Morgan fingerprint density at radius 2 is 1.63 bits per heavy atom. The predicted molar refractivity (Wildman–Crippen MR) is 118 cm³/mol. The van der Waals surface area contributed by atoms with Gasteiger partial charge in [0.25, 0.3) is 0 Å². The number of morpholine rings is 1. The Morgan fingerprint density at radius 1 is 0.900 bits per heavy atom. The minimum absolute atomic E-state index is 0.284. The molecule has 1 unspecified atom stereocenters. The van der Waals surface area contributed by atoms with Crippen molar-refractivity contribution in [2.24, 2.45) is 0 Å². The van der Waals surface area contributed by atoms with Gasteiger partial charge in [-0.05, 0) is 41.0 Å². The fraction of sp³-hybridized carbons (Fsp3) is 0.320. The summed E-state index contributed by atoms with van der Waals surface area (Å²) in [7, 11) is 0. The molecule has 30 heavy (non-hydrogen) atoms. The van der Waals surface area contributed by atoms with E-state index in [2.05, 4.69) is 57.7 Å². The first-order valence-electron chi connectivity index (χ1n) is 10.6. The first kappa shape index (κ1) is 20.5. The first-order valence-corrected chi connectivity index (χ1v) is 10.6. The number of pyridine rings is 1. The Hall–Kier alpha value is -2.73. The highest BCUT2D eigenvalue weighted by Crippen LogP contribution is 2.18. The van der Waals surface area contributed by atoms with Crippen LogP contribution in [0.25, 0.3) is 0 Å². The number of rotatable bonds is 9. The van der Waals surface area contributed by atoms with Crippen molar-refractivity contribution in [3.05, 3.63) is 95.8 Å². The van der Waals surface area contributed by atoms with Crippen LogP contribution in [0.3, 0.4) is 0 Å². The first-order chi connectivity index (χ1) is 14.9. The molecule has 3 aromatic rings. The van der Waals surface area contributed by atoms with E-state index in [4.69, 9.17) is 9.47 Å². The molecule has 1 aliphatic heterocycles. The van der Waals surface area contributed by atoms with E-state index >= 15 is 0 Å². The maximum absolute atomic E-state index is 5.88. The summed E-state index contributed by atoms with van der Waals surface area (Å²) in [4.78, 5) is 6.51. The number of nitrogens with zero attached hydrogens (tertiary/aromatic N) is 2. The molecule has 0 aliphatic carbocycles. The number of benzene rings is 2. The molecule has 0 saturated carbocycles. The molecule has 5 nitrogen and oxygen atoms in total. The summed E-state index contributed by atoms with van der Waals surface area (Å²) in [5, 5.41) is 3.75. The number of nitrogens with one attached hydrogen (secondary N) is 1. The van der Waals surface area contributed by atoms with Gasteiger partial charge in [0.15, 0.2) is 0 Å². The molecule has 2 heterocycles. The van der Waals surface area contributed by atoms with Crippen molar-refractivity contribution in [3.8, 4) is 5.75 Å². The van der Waals surface area contributed by atoms with Gasteiger partial charge in [0.05, 0.1) is 13.2 Å². The fourth-order valence-electron chi connectivity index (χ4n) is 3.61. The summed E-state index contributed by atoms with van der Waals surface area (Å²) >= 11 is 0. The molecular formula is C25H29N3O2. The highest BCUT2D eigenvalue weighted by molar-refractivity contribution is 5.28. The Kier molecular flexibility index (Phi) is 7.45. The van der Waals surface area contributed by atoms with Crippen LogP contribution in [0.5, 0.6) is 5.75 Å². The van der Waals surface area contributed by atoms with Gasteiger partial charge in [-0.15, -0.1) is 0 Å². The van der Waals surface area contributed by atoms with E-state index in [0.717, 1.165) is 50.7 Å². The Bertz CT molecular complexity index is 866. The molecule has 1 saturated heterocycles. The molecule has 0 radical (unpaired) electrons. The Balaban J connectivity index is 1.33. The lowest BCUT2D eigenvalue weighted by atomic mass is 10.1. The van der Waals surface area contributed by atoms with Crippen LogP contribution in [-0.2, 0) is 17.9 Å². The number of hydrogen-bond donors (Lipinski definition) is 1. The highest BCUT2D eigenvalue weighted by Gasteiger charge is 2.18. The third-order valence-electron chi connectivity index (χ3n) is 5.38. The molecule has 0 amide bonds. The summed E-state index contributed by atoms with van der Waals surface area (Å²) in [6.07, 6.45) is 3.57. The zero-order chi connectivity index (χ0) is 20.4. The average Bonchev–Trinajstić information content (AvgIpc) is 2.83. The van der Waals surface area contributed by atoms with Gasteiger partial charge in [-0.3, -0.25) is 9.88 Å². The summed E-state index contributed by atoms with van der Waals surface area (Å²) in [6, 6.07) is 23.3. The minimum atomic E-state index is 0.284. The van der Waals surface area contributed by atoms with E-state index in [9.17, 15) is 0 Å². The van der Waals surface area contributed by atoms with Gasteiger partial charge < -0.3 is 14.8 Å². The van der Waals surface area contributed by atoms with E-state index in [1.54, 1.807) is 12.4 Å². The van der Waals surface area contributed by atoms with Crippen molar-refractivity contribution in [3.63, 3.8) is 0 Å². The predicted octanol–water partition coefficient (Wildman–Crippen LogP) is 3.82. The standard InChI is InChI=1S/C25H29N3O2/c1-2-4-23(5-3-1)25(19-28-14-16-29-17-15-28)27-18-21-6-8-24(9-7-21)30-20-22-10-12-26-13-11-22/h1-13,25,27H,14-20H2. The second-order valence-electron chi connectivity index (χ2n) is 7.55. The van der Waals surface area contributed by atoms with Crippen molar-refractivity contribution in [1.82, 2.24) is 15.2 Å². The van der Waals surface area contributed by atoms with E-state index < -0.39 is 0 Å². The van der Waals surface area contributed by atoms with Gasteiger partial charge in [-0.25, -0.2) is 0 Å². The second-order valence-corrected chi connectivity index (χ2v) is 7.55. The number of aromatic nitrogens is 1. The van der Waals surface area contributed by atoms with Crippen LogP contribution in [0.2, 0.25) is 0 Å². The molecule has 5 heteroatoms. The summed E-state index contributed by atoms with van der Waals surface area (Å²) < 4.78 is 11.4. The molecule has 1 aliphatic rings. The van der Waals surface area contributed by atoms with Crippen LogP contribution in [0.15, 0.2) is 79.1 Å². The monoisotopic (exact) mass is 403 g/mol. The maximum Gasteiger partial charge on any atom is 0.119 e. The molecule has 1 fully saturated rings.